The van der Waals surface area contributed by atoms with Gasteiger partial charge in [0.2, 0.25) is 0 Å². The summed E-state index contributed by atoms with van der Waals surface area (Å²) >= 11 is 1.69. The number of hydrogen-bond acceptors (Lipinski definition) is 4. The first-order valence-corrected chi connectivity index (χ1v) is 8.64. The number of hydrogen-bond donors (Lipinski definition) is 1. The minimum atomic E-state index is -0.400. The lowest BCUT2D eigenvalue weighted by atomic mass is 9.87. The predicted molar refractivity (Wildman–Crippen MR) is 90.9 cm³/mol. The number of thiazole rings is 1. The number of nitrogens with zero attached hydrogens (tertiary/aromatic N) is 2. The van der Waals surface area contributed by atoms with Crippen LogP contribution in [0.15, 0.2) is 24.3 Å². The molecule has 1 aromatic heterocycles. The summed E-state index contributed by atoms with van der Waals surface area (Å²) < 4.78 is 1.20. The molecule has 21 heavy (non-hydrogen) atoms. The maximum absolute atomic E-state index is 10.8. The van der Waals surface area contributed by atoms with E-state index in [4.69, 9.17) is 0 Å². The van der Waals surface area contributed by atoms with Crippen molar-refractivity contribution in [1.29, 1.82) is 0 Å². The van der Waals surface area contributed by atoms with Crippen molar-refractivity contribution in [3.05, 3.63) is 29.3 Å². The Kier molecular flexibility index (Phi) is 5.36. The van der Waals surface area contributed by atoms with Crippen molar-refractivity contribution < 1.29 is 5.11 Å². The van der Waals surface area contributed by atoms with Gasteiger partial charge in [0.15, 0.2) is 0 Å². The molecule has 1 aromatic carbocycles. The SMILES string of the molecule is CCN(CC)C(C)(CC)C(O)Cc1nc2ccccc2s1. The van der Waals surface area contributed by atoms with E-state index in [1.165, 1.54) is 4.70 Å². The predicted octanol–water partition coefficient (Wildman–Crippen LogP) is 3.71. The molecule has 0 spiro atoms. The van der Waals surface area contributed by atoms with Crippen molar-refractivity contribution in [3.63, 3.8) is 0 Å². The Morgan fingerprint density at radius 1 is 1.24 bits per heavy atom. The molecule has 0 aliphatic heterocycles. The van der Waals surface area contributed by atoms with Gasteiger partial charge in [0, 0.05) is 12.0 Å². The molecule has 0 saturated heterocycles. The van der Waals surface area contributed by atoms with Gasteiger partial charge in [-0.1, -0.05) is 32.9 Å². The van der Waals surface area contributed by atoms with Crippen molar-refractivity contribution in [2.24, 2.45) is 0 Å². The molecule has 0 bridgehead atoms. The third kappa shape index (κ3) is 3.28. The quantitative estimate of drug-likeness (QED) is 0.847. The van der Waals surface area contributed by atoms with Crippen LogP contribution in [0.4, 0.5) is 0 Å². The molecular formula is C17H26N2OS. The van der Waals surface area contributed by atoms with Gasteiger partial charge in [0.05, 0.1) is 21.3 Å². The summed E-state index contributed by atoms with van der Waals surface area (Å²) in [6.45, 7) is 10.5. The van der Waals surface area contributed by atoms with E-state index in [2.05, 4.69) is 43.6 Å². The Hall–Kier alpha value is -0.970. The Balaban J connectivity index is 2.20. The number of aromatic nitrogens is 1. The minimum absolute atomic E-state index is 0.193. The van der Waals surface area contributed by atoms with Gasteiger partial charge in [-0.25, -0.2) is 4.98 Å². The summed E-state index contributed by atoms with van der Waals surface area (Å²) in [5.74, 6) is 0. The molecule has 0 radical (unpaired) electrons. The summed E-state index contributed by atoms with van der Waals surface area (Å²) in [4.78, 5) is 7.00. The van der Waals surface area contributed by atoms with E-state index in [1.54, 1.807) is 11.3 Å². The second kappa shape index (κ2) is 6.86. The van der Waals surface area contributed by atoms with Gasteiger partial charge in [0.25, 0.3) is 0 Å². The Labute approximate surface area is 131 Å². The largest absolute Gasteiger partial charge is 0.391 e. The first-order chi connectivity index (χ1) is 10.0. The van der Waals surface area contributed by atoms with Gasteiger partial charge in [0.1, 0.15) is 0 Å². The van der Waals surface area contributed by atoms with E-state index in [-0.39, 0.29) is 5.54 Å². The average Bonchev–Trinajstić information content (AvgIpc) is 2.90. The molecule has 3 nitrogen and oxygen atoms in total. The highest BCUT2D eigenvalue weighted by molar-refractivity contribution is 7.18. The normalized spacial score (nSPS) is 16.3. The number of aliphatic hydroxyl groups is 1. The highest BCUT2D eigenvalue weighted by atomic mass is 32.1. The molecule has 0 fully saturated rings. The lowest BCUT2D eigenvalue weighted by molar-refractivity contribution is -0.0190. The third-order valence-corrected chi connectivity index (χ3v) is 5.68. The molecule has 0 aliphatic carbocycles. The third-order valence-electron chi connectivity index (χ3n) is 4.63. The molecule has 1 heterocycles. The van der Waals surface area contributed by atoms with Crippen LogP contribution in [0.3, 0.4) is 0 Å². The molecule has 2 rings (SSSR count). The van der Waals surface area contributed by atoms with Gasteiger partial charge in [-0.15, -0.1) is 11.3 Å². The van der Waals surface area contributed by atoms with Crippen molar-refractivity contribution in [3.8, 4) is 0 Å². The van der Waals surface area contributed by atoms with Gasteiger partial charge in [-0.2, -0.15) is 0 Å². The Bertz CT molecular complexity index is 546. The second-order valence-corrected chi connectivity index (χ2v) is 6.79. The topological polar surface area (TPSA) is 36.4 Å². The zero-order chi connectivity index (χ0) is 15.5. The molecule has 2 aromatic rings. The zero-order valence-electron chi connectivity index (χ0n) is 13.5. The fraction of sp³-hybridized carbons (Fsp3) is 0.588. The molecule has 4 heteroatoms. The average molecular weight is 306 g/mol. The molecule has 2 atom stereocenters. The molecule has 0 aliphatic rings. The number of likely N-dealkylation sites (N-methyl/N-ethyl adjacent to an activating group) is 1. The summed E-state index contributed by atoms with van der Waals surface area (Å²) in [5, 5.41) is 11.8. The van der Waals surface area contributed by atoms with Gasteiger partial charge in [-0.3, -0.25) is 4.90 Å². The summed E-state index contributed by atoms with van der Waals surface area (Å²) in [7, 11) is 0. The summed E-state index contributed by atoms with van der Waals surface area (Å²) in [5.41, 5.74) is 0.840. The van der Waals surface area contributed by atoms with E-state index >= 15 is 0 Å². The van der Waals surface area contributed by atoms with Crippen molar-refractivity contribution in [2.45, 2.75) is 52.2 Å². The highest BCUT2D eigenvalue weighted by Crippen LogP contribution is 2.29. The van der Waals surface area contributed by atoms with Crippen LogP contribution < -0.4 is 0 Å². The van der Waals surface area contributed by atoms with E-state index < -0.39 is 6.10 Å². The monoisotopic (exact) mass is 306 g/mol. The van der Waals surface area contributed by atoms with Crippen molar-refractivity contribution in [1.82, 2.24) is 9.88 Å². The van der Waals surface area contributed by atoms with E-state index in [1.807, 2.05) is 18.2 Å². The van der Waals surface area contributed by atoms with Crippen LogP contribution in [0.25, 0.3) is 10.2 Å². The maximum Gasteiger partial charge on any atom is 0.0965 e. The van der Waals surface area contributed by atoms with E-state index in [0.29, 0.717) is 6.42 Å². The summed E-state index contributed by atoms with van der Waals surface area (Å²) in [6, 6.07) is 8.17. The van der Waals surface area contributed by atoms with E-state index in [9.17, 15) is 5.11 Å². The fourth-order valence-corrected chi connectivity index (χ4v) is 4.01. The van der Waals surface area contributed by atoms with Crippen LogP contribution in [-0.2, 0) is 6.42 Å². The first kappa shape index (κ1) is 16.4. The molecule has 0 amide bonds. The van der Waals surface area contributed by atoms with Gasteiger partial charge >= 0.3 is 0 Å². The van der Waals surface area contributed by atoms with E-state index in [0.717, 1.165) is 30.0 Å². The number of benzene rings is 1. The van der Waals surface area contributed by atoms with Crippen LogP contribution in [0.5, 0.6) is 0 Å². The zero-order valence-corrected chi connectivity index (χ0v) is 14.3. The molecule has 0 saturated carbocycles. The Morgan fingerprint density at radius 3 is 2.48 bits per heavy atom. The van der Waals surface area contributed by atoms with Crippen molar-refractivity contribution >= 4 is 21.6 Å². The molecule has 1 N–H and O–H groups in total. The maximum atomic E-state index is 10.8. The molecular weight excluding hydrogens is 280 g/mol. The van der Waals surface area contributed by atoms with Gasteiger partial charge in [-0.05, 0) is 38.6 Å². The van der Waals surface area contributed by atoms with Crippen molar-refractivity contribution in [2.75, 3.05) is 13.1 Å². The smallest absolute Gasteiger partial charge is 0.0965 e. The standard InChI is InChI=1S/C17H26N2OS/c1-5-17(4,19(6-2)7-3)15(20)12-16-18-13-10-8-9-11-14(13)21-16/h8-11,15,20H,5-7,12H2,1-4H3. The number of aliphatic hydroxyl groups excluding tert-OH is 1. The lowest BCUT2D eigenvalue weighted by Crippen LogP contribution is -2.54. The number of fused-ring (bicyclic) bond motifs is 1. The Morgan fingerprint density at radius 2 is 1.90 bits per heavy atom. The van der Waals surface area contributed by atoms with Crippen LogP contribution in [0, 0.1) is 0 Å². The molecule has 116 valence electrons. The number of para-hydroxylation sites is 1. The highest BCUT2D eigenvalue weighted by Gasteiger charge is 2.36. The summed E-state index contributed by atoms with van der Waals surface area (Å²) in [6.07, 6.45) is 1.16. The van der Waals surface area contributed by atoms with Crippen LogP contribution in [0.1, 0.15) is 39.1 Å². The number of rotatable bonds is 7. The second-order valence-electron chi connectivity index (χ2n) is 5.68. The lowest BCUT2D eigenvalue weighted by Gasteiger charge is -2.43. The minimum Gasteiger partial charge on any atom is -0.391 e. The van der Waals surface area contributed by atoms with Crippen LogP contribution in [-0.4, -0.2) is 39.7 Å². The molecule has 2 unspecified atom stereocenters. The van der Waals surface area contributed by atoms with Crippen LogP contribution in [0.2, 0.25) is 0 Å². The first-order valence-electron chi connectivity index (χ1n) is 7.82. The van der Waals surface area contributed by atoms with Gasteiger partial charge < -0.3 is 5.11 Å². The van der Waals surface area contributed by atoms with Crippen LogP contribution >= 0.6 is 11.3 Å². The fourth-order valence-electron chi connectivity index (χ4n) is 3.01.